The molecular weight excluding hydrogens is 450 g/mol. The predicted molar refractivity (Wildman–Crippen MR) is 115 cm³/mol. The van der Waals surface area contributed by atoms with Gasteiger partial charge in [0.15, 0.2) is 0 Å². The number of carbonyl (C=O) groups excluding carboxylic acids is 1. The summed E-state index contributed by atoms with van der Waals surface area (Å²) in [5.41, 5.74) is -5.47. The number of benzene rings is 3. The Bertz CT molecular complexity index is 1310. The molecule has 3 rings (SSSR count). The van der Waals surface area contributed by atoms with Gasteiger partial charge in [0.05, 0.1) is 27.8 Å². The lowest BCUT2D eigenvalue weighted by atomic mass is 9.90. The minimum Gasteiger partial charge on any atom is -0.478 e. The molecule has 3 aromatic carbocycles. The predicted octanol–water partition coefficient (Wildman–Crippen LogP) is 3.52. The molecule has 172 valence electrons. The van der Waals surface area contributed by atoms with Gasteiger partial charge in [-0.05, 0) is 42.5 Å². The Kier molecular flexibility index (Phi) is 6.58. The van der Waals surface area contributed by atoms with E-state index in [-0.39, 0.29) is 5.69 Å². The molecule has 1 amide bonds. The summed E-state index contributed by atoms with van der Waals surface area (Å²) >= 11 is 0. The first-order valence-corrected chi connectivity index (χ1v) is 9.38. The van der Waals surface area contributed by atoms with E-state index in [4.69, 9.17) is 4.74 Å². The number of carbonyl (C=O) groups is 5. The summed E-state index contributed by atoms with van der Waals surface area (Å²) in [4.78, 5) is 59.3. The van der Waals surface area contributed by atoms with E-state index < -0.39 is 57.6 Å². The minimum absolute atomic E-state index is 0.151. The smallest absolute Gasteiger partial charge is 0.337 e. The molecule has 0 aliphatic rings. The highest BCUT2D eigenvalue weighted by Gasteiger charge is 2.34. The highest BCUT2D eigenvalue weighted by atomic mass is 16.5. The molecule has 0 unspecified atom stereocenters. The zero-order valence-corrected chi connectivity index (χ0v) is 17.0. The van der Waals surface area contributed by atoms with Crippen LogP contribution in [0.4, 0.5) is 5.69 Å². The monoisotopic (exact) mass is 465 g/mol. The lowest BCUT2D eigenvalue weighted by molar-refractivity contribution is 0.0618. The van der Waals surface area contributed by atoms with Gasteiger partial charge in [-0.1, -0.05) is 18.2 Å². The van der Waals surface area contributed by atoms with Gasteiger partial charge in [-0.2, -0.15) is 0 Å². The number of nitrogens with one attached hydrogen (secondary N) is 1. The molecule has 0 atom stereocenters. The van der Waals surface area contributed by atoms with Crippen LogP contribution in [0.1, 0.15) is 51.8 Å². The van der Waals surface area contributed by atoms with Crippen molar-refractivity contribution in [1.82, 2.24) is 0 Å². The molecule has 0 spiro atoms. The SMILES string of the molecule is O=C(O)c1cc(C(=O)Nc2ccc(Oc3ccccc3)cc2)c(C(=O)O)c(C(=O)O)c1C(=O)O. The quantitative estimate of drug-likeness (QED) is 0.329. The molecule has 0 saturated heterocycles. The Hall–Kier alpha value is -5.19. The van der Waals surface area contributed by atoms with Crippen LogP contribution in [0.5, 0.6) is 11.5 Å². The maximum atomic E-state index is 12.8. The molecule has 0 fully saturated rings. The Balaban J connectivity index is 2.01. The number of hydrogen-bond donors (Lipinski definition) is 5. The summed E-state index contributed by atoms with van der Waals surface area (Å²) in [6.45, 7) is 0. The molecule has 0 saturated carbocycles. The van der Waals surface area contributed by atoms with Crippen LogP contribution in [0.2, 0.25) is 0 Å². The van der Waals surface area contributed by atoms with Crippen molar-refractivity contribution in [2.24, 2.45) is 0 Å². The molecule has 0 heterocycles. The molecule has 0 aliphatic heterocycles. The maximum absolute atomic E-state index is 12.8. The fourth-order valence-corrected chi connectivity index (χ4v) is 3.12. The van der Waals surface area contributed by atoms with Crippen molar-refractivity contribution in [3.8, 4) is 11.5 Å². The maximum Gasteiger partial charge on any atom is 0.337 e. The highest BCUT2D eigenvalue weighted by Crippen LogP contribution is 2.27. The number of rotatable bonds is 8. The number of carboxylic acid groups (broad SMARTS) is 4. The first kappa shape index (κ1) is 23.5. The van der Waals surface area contributed by atoms with Crippen LogP contribution in [-0.4, -0.2) is 50.2 Å². The number of amides is 1. The normalized spacial score (nSPS) is 10.2. The molecule has 0 radical (unpaired) electrons. The van der Waals surface area contributed by atoms with E-state index in [1.54, 1.807) is 24.3 Å². The van der Waals surface area contributed by atoms with Crippen LogP contribution < -0.4 is 10.1 Å². The molecule has 11 heteroatoms. The zero-order valence-electron chi connectivity index (χ0n) is 17.0. The van der Waals surface area contributed by atoms with E-state index >= 15 is 0 Å². The van der Waals surface area contributed by atoms with E-state index in [9.17, 15) is 44.4 Å². The van der Waals surface area contributed by atoms with Crippen LogP contribution in [0.25, 0.3) is 0 Å². The zero-order chi connectivity index (χ0) is 25.0. The number of carboxylic acids is 4. The molecule has 5 N–H and O–H groups in total. The largest absolute Gasteiger partial charge is 0.478 e. The molecule has 11 nitrogen and oxygen atoms in total. The topological polar surface area (TPSA) is 188 Å². The molecule has 0 aliphatic carbocycles. The second-order valence-electron chi connectivity index (χ2n) is 6.71. The van der Waals surface area contributed by atoms with Crippen molar-refractivity contribution in [2.45, 2.75) is 0 Å². The lowest BCUT2D eigenvalue weighted by Gasteiger charge is -2.15. The number of ether oxygens (including phenoxy) is 1. The van der Waals surface area contributed by atoms with Crippen LogP contribution >= 0.6 is 0 Å². The van der Waals surface area contributed by atoms with Crippen molar-refractivity contribution in [2.75, 3.05) is 5.32 Å². The highest BCUT2D eigenvalue weighted by molar-refractivity contribution is 6.20. The molecule has 3 aromatic rings. The third kappa shape index (κ3) is 4.83. The van der Waals surface area contributed by atoms with Gasteiger partial charge in [0.2, 0.25) is 0 Å². The third-order valence-electron chi connectivity index (χ3n) is 4.54. The van der Waals surface area contributed by atoms with Gasteiger partial charge in [-0.25, -0.2) is 19.2 Å². The summed E-state index contributed by atoms with van der Waals surface area (Å²) in [6.07, 6.45) is 0. The van der Waals surface area contributed by atoms with E-state index in [0.29, 0.717) is 17.6 Å². The van der Waals surface area contributed by atoms with Crippen LogP contribution in [0, 0.1) is 0 Å². The number of para-hydroxylation sites is 1. The van der Waals surface area contributed by atoms with Gasteiger partial charge in [-0.3, -0.25) is 4.79 Å². The molecule has 0 bridgehead atoms. The van der Waals surface area contributed by atoms with E-state index in [0.717, 1.165) is 0 Å². The van der Waals surface area contributed by atoms with E-state index in [1.165, 1.54) is 24.3 Å². The van der Waals surface area contributed by atoms with Crippen LogP contribution in [0.15, 0.2) is 60.7 Å². The summed E-state index contributed by atoms with van der Waals surface area (Å²) in [6, 6.07) is 15.2. The third-order valence-corrected chi connectivity index (χ3v) is 4.54. The molecule has 0 aromatic heterocycles. The minimum atomic E-state index is -2.02. The Morgan fingerprint density at radius 3 is 1.59 bits per heavy atom. The van der Waals surface area contributed by atoms with Gasteiger partial charge < -0.3 is 30.5 Å². The van der Waals surface area contributed by atoms with Gasteiger partial charge in [0.25, 0.3) is 5.91 Å². The average Bonchev–Trinajstić information content (AvgIpc) is 2.79. The summed E-state index contributed by atoms with van der Waals surface area (Å²) < 4.78 is 5.62. The number of aromatic carboxylic acids is 4. The van der Waals surface area contributed by atoms with Gasteiger partial charge in [0, 0.05) is 5.69 Å². The van der Waals surface area contributed by atoms with Crippen molar-refractivity contribution in [3.05, 3.63) is 88.5 Å². The van der Waals surface area contributed by atoms with Gasteiger partial charge in [-0.15, -0.1) is 0 Å². The second kappa shape index (κ2) is 9.53. The fourth-order valence-electron chi connectivity index (χ4n) is 3.12. The first-order chi connectivity index (χ1) is 16.1. The van der Waals surface area contributed by atoms with Crippen molar-refractivity contribution in [1.29, 1.82) is 0 Å². The molecule has 34 heavy (non-hydrogen) atoms. The summed E-state index contributed by atoms with van der Waals surface area (Å²) in [5.74, 6) is -7.94. The number of hydrogen-bond acceptors (Lipinski definition) is 6. The van der Waals surface area contributed by atoms with Crippen LogP contribution in [0.3, 0.4) is 0 Å². The molecular formula is C23H15NO10. The van der Waals surface area contributed by atoms with Gasteiger partial charge in [0.1, 0.15) is 11.5 Å². The average molecular weight is 465 g/mol. The van der Waals surface area contributed by atoms with Crippen molar-refractivity contribution >= 4 is 35.5 Å². The lowest BCUT2D eigenvalue weighted by Crippen LogP contribution is -2.25. The standard InChI is InChI=1S/C23H15NO10/c25-19(24-11-6-8-13(9-7-11)34-12-4-2-1-3-5-12)14-10-15(20(26)27)17(22(30)31)18(23(32)33)16(14)21(28)29/h1-10H,(H,24,25)(H,26,27)(H,28,29)(H,30,31)(H,32,33). The van der Waals surface area contributed by atoms with Crippen LogP contribution in [-0.2, 0) is 0 Å². The Labute approximate surface area is 190 Å². The number of anilines is 1. The van der Waals surface area contributed by atoms with E-state index in [2.05, 4.69) is 5.32 Å². The first-order valence-electron chi connectivity index (χ1n) is 9.38. The van der Waals surface area contributed by atoms with Gasteiger partial charge >= 0.3 is 23.9 Å². The Morgan fingerprint density at radius 2 is 1.09 bits per heavy atom. The Morgan fingerprint density at radius 1 is 0.588 bits per heavy atom. The summed E-state index contributed by atoms with van der Waals surface area (Å²) in [7, 11) is 0. The fraction of sp³-hybridized carbons (Fsp3) is 0. The summed E-state index contributed by atoms with van der Waals surface area (Å²) in [5, 5.41) is 40.0. The van der Waals surface area contributed by atoms with Crippen molar-refractivity contribution < 1.29 is 49.1 Å². The second-order valence-corrected chi connectivity index (χ2v) is 6.71. The van der Waals surface area contributed by atoms with E-state index in [1.807, 2.05) is 6.07 Å². The van der Waals surface area contributed by atoms with Crippen molar-refractivity contribution in [3.63, 3.8) is 0 Å².